The van der Waals surface area contributed by atoms with Gasteiger partial charge in [-0.15, -0.1) is 0 Å². The second kappa shape index (κ2) is 10.3. The Morgan fingerprint density at radius 3 is 2.78 bits per heavy atom. The zero-order chi connectivity index (χ0) is 16.3. The van der Waals surface area contributed by atoms with Gasteiger partial charge in [-0.1, -0.05) is 24.6 Å². The number of hydrogen-bond donors (Lipinski definition) is 1. The molecular formula is C19H30N2O2. The Kier molecular flexibility index (Phi) is 7.95. The number of likely N-dealkylation sites (tertiary alicyclic amines) is 1. The molecule has 1 aromatic carbocycles. The summed E-state index contributed by atoms with van der Waals surface area (Å²) >= 11 is 0. The fourth-order valence-corrected chi connectivity index (χ4v) is 3.06. The molecule has 1 saturated heterocycles. The number of benzene rings is 1. The molecule has 0 radical (unpaired) electrons. The quantitative estimate of drug-likeness (QED) is 0.712. The molecule has 4 heteroatoms. The van der Waals surface area contributed by atoms with E-state index in [9.17, 15) is 4.79 Å². The van der Waals surface area contributed by atoms with Gasteiger partial charge >= 0.3 is 0 Å². The Labute approximate surface area is 140 Å². The van der Waals surface area contributed by atoms with Gasteiger partial charge in [-0.05, 0) is 63.9 Å². The van der Waals surface area contributed by atoms with Crippen LogP contribution in [0.2, 0.25) is 0 Å². The molecule has 1 N–H and O–H groups in total. The van der Waals surface area contributed by atoms with Crippen LogP contribution in [-0.4, -0.2) is 43.6 Å². The molecule has 0 aromatic heterocycles. The van der Waals surface area contributed by atoms with E-state index >= 15 is 0 Å². The molecule has 0 unspecified atom stereocenters. The summed E-state index contributed by atoms with van der Waals surface area (Å²) in [7, 11) is 0. The van der Waals surface area contributed by atoms with E-state index in [-0.39, 0.29) is 5.91 Å². The molecule has 2 rings (SSSR count). The van der Waals surface area contributed by atoms with Crippen LogP contribution in [0, 0.1) is 0 Å². The number of nitrogens with one attached hydrogen (secondary N) is 1. The minimum absolute atomic E-state index is 0.134. The molecule has 1 heterocycles. The second-order valence-corrected chi connectivity index (χ2v) is 6.15. The first-order valence-corrected chi connectivity index (χ1v) is 8.99. The molecule has 0 atom stereocenters. The third-order valence-electron chi connectivity index (χ3n) is 4.32. The maximum atomic E-state index is 12.0. The molecule has 23 heavy (non-hydrogen) atoms. The number of ether oxygens (including phenoxy) is 1. The van der Waals surface area contributed by atoms with Crippen molar-refractivity contribution >= 4 is 5.91 Å². The first-order valence-electron chi connectivity index (χ1n) is 8.99. The van der Waals surface area contributed by atoms with Gasteiger partial charge in [-0.3, -0.25) is 4.79 Å². The van der Waals surface area contributed by atoms with E-state index in [0.717, 1.165) is 37.2 Å². The highest BCUT2D eigenvalue weighted by atomic mass is 16.5. The Hall–Kier alpha value is -1.55. The monoisotopic (exact) mass is 318 g/mol. The summed E-state index contributed by atoms with van der Waals surface area (Å²) in [5, 5.41) is 3.04. The van der Waals surface area contributed by atoms with Gasteiger partial charge in [-0.25, -0.2) is 0 Å². The number of para-hydroxylation sites is 1. The van der Waals surface area contributed by atoms with Crippen molar-refractivity contribution in [1.29, 1.82) is 0 Å². The molecule has 0 spiro atoms. The molecule has 0 aliphatic carbocycles. The molecule has 1 amide bonds. The number of nitrogens with zero attached hydrogens (tertiary/aromatic N) is 1. The molecule has 1 aliphatic rings. The van der Waals surface area contributed by atoms with Gasteiger partial charge in [0.05, 0.1) is 6.61 Å². The summed E-state index contributed by atoms with van der Waals surface area (Å²) in [6, 6.07) is 7.97. The second-order valence-electron chi connectivity index (χ2n) is 6.15. The summed E-state index contributed by atoms with van der Waals surface area (Å²) < 4.78 is 5.60. The predicted octanol–water partition coefficient (Wildman–Crippen LogP) is 3.01. The Balaban J connectivity index is 1.61. The maximum Gasteiger partial charge on any atom is 0.220 e. The third-order valence-corrected chi connectivity index (χ3v) is 4.32. The van der Waals surface area contributed by atoms with Crippen molar-refractivity contribution in [1.82, 2.24) is 10.2 Å². The molecule has 4 nitrogen and oxygen atoms in total. The molecule has 1 fully saturated rings. The van der Waals surface area contributed by atoms with E-state index in [1.807, 2.05) is 31.2 Å². The standard InChI is InChI=1S/C19H30N2O2/c1-2-23-18-10-5-4-9-17(18)11-12-19(22)20-13-8-16-21-14-6-3-7-15-21/h4-5,9-10H,2-3,6-8,11-16H2,1H3,(H,20,22). The van der Waals surface area contributed by atoms with E-state index in [1.54, 1.807) is 0 Å². The lowest BCUT2D eigenvalue weighted by Crippen LogP contribution is -2.33. The first-order chi connectivity index (χ1) is 11.3. The SMILES string of the molecule is CCOc1ccccc1CCC(=O)NCCCN1CCCCC1. The van der Waals surface area contributed by atoms with Crippen LogP contribution in [0.5, 0.6) is 5.75 Å². The number of aryl methyl sites for hydroxylation is 1. The Bertz CT molecular complexity index is 470. The normalized spacial score (nSPS) is 15.3. The molecular weight excluding hydrogens is 288 g/mol. The lowest BCUT2D eigenvalue weighted by molar-refractivity contribution is -0.121. The summed E-state index contributed by atoms with van der Waals surface area (Å²) in [4.78, 5) is 14.5. The Morgan fingerprint density at radius 2 is 2.00 bits per heavy atom. The van der Waals surface area contributed by atoms with Crippen LogP contribution in [0.15, 0.2) is 24.3 Å². The maximum absolute atomic E-state index is 12.0. The van der Waals surface area contributed by atoms with Crippen molar-refractivity contribution in [3.05, 3.63) is 29.8 Å². The van der Waals surface area contributed by atoms with Crippen molar-refractivity contribution in [2.45, 2.75) is 45.4 Å². The van der Waals surface area contributed by atoms with Crippen LogP contribution in [0.3, 0.4) is 0 Å². The summed E-state index contributed by atoms with van der Waals surface area (Å²) in [5.41, 5.74) is 1.11. The van der Waals surface area contributed by atoms with Gasteiger partial charge in [0.15, 0.2) is 0 Å². The van der Waals surface area contributed by atoms with Crippen molar-refractivity contribution in [3.63, 3.8) is 0 Å². The van der Waals surface area contributed by atoms with Crippen molar-refractivity contribution in [3.8, 4) is 5.75 Å². The average molecular weight is 318 g/mol. The zero-order valence-electron chi connectivity index (χ0n) is 14.4. The number of carbonyl (C=O) groups excluding carboxylic acids is 1. The predicted molar refractivity (Wildman–Crippen MR) is 93.8 cm³/mol. The summed E-state index contributed by atoms with van der Waals surface area (Å²) in [5.74, 6) is 1.03. The van der Waals surface area contributed by atoms with Crippen molar-refractivity contribution < 1.29 is 9.53 Å². The first kappa shape index (κ1) is 17.8. The van der Waals surface area contributed by atoms with Crippen molar-refractivity contribution in [2.75, 3.05) is 32.8 Å². The summed E-state index contributed by atoms with van der Waals surface area (Å²) in [6.45, 7) is 6.96. The molecule has 0 saturated carbocycles. The highest BCUT2D eigenvalue weighted by molar-refractivity contribution is 5.76. The van der Waals surface area contributed by atoms with E-state index in [0.29, 0.717) is 13.0 Å². The fraction of sp³-hybridized carbons (Fsp3) is 0.632. The number of amides is 1. The minimum atomic E-state index is 0.134. The number of hydrogen-bond acceptors (Lipinski definition) is 3. The van der Waals surface area contributed by atoms with E-state index in [2.05, 4.69) is 10.2 Å². The number of carbonyl (C=O) groups is 1. The van der Waals surface area contributed by atoms with E-state index in [1.165, 1.54) is 32.4 Å². The number of piperidine rings is 1. The van der Waals surface area contributed by atoms with E-state index < -0.39 is 0 Å². The Morgan fingerprint density at radius 1 is 1.22 bits per heavy atom. The van der Waals surface area contributed by atoms with Crippen LogP contribution in [0.4, 0.5) is 0 Å². The van der Waals surface area contributed by atoms with Crippen LogP contribution < -0.4 is 10.1 Å². The highest BCUT2D eigenvalue weighted by Gasteiger charge is 2.10. The van der Waals surface area contributed by atoms with Crippen LogP contribution in [0.1, 0.15) is 44.6 Å². The minimum Gasteiger partial charge on any atom is -0.494 e. The van der Waals surface area contributed by atoms with Crippen molar-refractivity contribution in [2.24, 2.45) is 0 Å². The fourth-order valence-electron chi connectivity index (χ4n) is 3.06. The van der Waals surface area contributed by atoms with Gasteiger partial charge in [0.1, 0.15) is 5.75 Å². The van der Waals surface area contributed by atoms with Gasteiger partial charge in [0.25, 0.3) is 0 Å². The third kappa shape index (κ3) is 6.61. The van der Waals surface area contributed by atoms with Crippen LogP contribution in [-0.2, 0) is 11.2 Å². The largest absolute Gasteiger partial charge is 0.494 e. The summed E-state index contributed by atoms with van der Waals surface area (Å²) in [6.07, 6.45) is 6.32. The zero-order valence-corrected chi connectivity index (χ0v) is 14.4. The van der Waals surface area contributed by atoms with Crippen LogP contribution >= 0.6 is 0 Å². The van der Waals surface area contributed by atoms with Gasteiger partial charge < -0.3 is 15.0 Å². The smallest absolute Gasteiger partial charge is 0.220 e. The van der Waals surface area contributed by atoms with Crippen LogP contribution in [0.25, 0.3) is 0 Å². The lowest BCUT2D eigenvalue weighted by Gasteiger charge is -2.26. The molecule has 1 aromatic rings. The molecule has 1 aliphatic heterocycles. The highest BCUT2D eigenvalue weighted by Crippen LogP contribution is 2.19. The molecule has 128 valence electrons. The van der Waals surface area contributed by atoms with E-state index in [4.69, 9.17) is 4.74 Å². The lowest BCUT2D eigenvalue weighted by atomic mass is 10.1. The van der Waals surface area contributed by atoms with Gasteiger partial charge in [0, 0.05) is 13.0 Å². The topological polar surface area (TPSA) is 41.6 Å². The van der Waals surface area contributed by atoms with Gasteiger partial charge in [0.2, 0.25) is 5.91 Å². The average Bonchev–Trinajstić information content (AvgIpc) is 2.59. The van der Waals surface area contributed by atoms with Gasteiger partial charge in [-0.2, -0.15) is 0 Å². The number of rotatable bonds is 9. The molecule has 0 bridgehead atoms.